The van der Waals surface area contributed by atoms with Crippen LogP contribution in [0.4, 0.5) is 0 Å². The number of aryl methyl sites for hydroxylation is 3. The first-order valence-electron chi connectivity index (χ1n) is 11.7. The molecule has 4 aromatic rings. The van der Waals surface area contributed by atoms with Crippen LogP contribution in [0.15, 0.2) is 52.1 Å². The van der Waals surface area contributed by atoms with Gasteiger partial charge in [-0.2, -0.15) is 0 Å². The Morgan fingerprint density at radius 3 is 2.68 bits per heavy atom. The predicted molar refractivity (Wildman–Crippen MR) is 131 cm³/mol. The number of hydrogen-bond acceptors (Lipinski definition) is 5. The van der Waals surface area contributed by atoms with E-state index >= 15 is 0 Å². The Bertz CT molecular complexity index is 1550. The van der Waals surface area contributed by atoms with Gasteiger partial charge in [-0.3, -0.25) is 19.8 Å². The van der Waals surface area contributed by atoms with E-state index < -0.39 is 17.0 Å². The van der Waals surface area contributed by atoms with Crippen molar-refractivity contribution in [2.45, 2.75) is 52.0 Å². The average Bonchev–Trinajstić information content (AvgIpc) is 2.85. The fourth-order valence-corrected chi connectivity index (χ4v) is 4.77. The lowest BCUT2D eigenvalue weighted by Crippen LogP contribution is -2.39. The fraction of sp³-hybridized carbons (Fsp3) is 0.308. The molecule has 1 amide bonds. The molecule has 2 aromatic carbocycles. The summed E-state index contributed by atoms with van der Waals surface area (Å²) in [6.07, 6.45) is 4.82. The molecule has 0 bridgehead atoms. The molecular formula is C26H26N4O4. The summed E-state index contributed by atoms with van der Waals surface area (Å²) in [6, 6.07) is 12.4. The highest BCUT2D eigenvalue weighted by Gasteiger charge is 2.26. The SMILES string of the molecule is CCCCCc1nc2ccccc2c(=O)n1NC(=O)c1c(O)c2cccc3c2n(c1=O)CCC3. The van der Waals surface area contributed by atoms with Crippen molar-refractivity contribution < 1.29 is 9.90 Å². The summed E-state index contributed by atoms with van der Waals surface area (Å²) >= 11 is 0. The smallest absolute Gasteiger partial charge is 0.280 e. The maximum absolute atomic E-state index is 13.4. The minimum Gasteiger partial charge on any atom is -0.506 e. The molecule has 0 radical (unpaired) electrons. The number of unbranched alkanes of at least 4 members (excludes halogenated alkanes) is 2. The van der Waals surface area contributed by atoms with Crippen LogP contribution in [-0.2, 0) is 19.4 Å². The van der Waals surface area contributed by atoms with E-state index in [1.165, 1.54) is 0 Å². The largest absolute Gasteiger partial charge is 0.506 e. The topological polar surface area (TPSA) is 106 Å². The summed E-state index contributed by atoms with van der Waals surface area (Å²) in [5.41, 5.74) is 3.40. The summed E-state index contributed by atoms with van der Waals surface area (Å²) in [5.74, 6) is -0.790. The summed E-state index contributed by atoms with van der Waals surface area (Å²) in [5, 5.41) is 11.8. The number of para-hydroxylation sites is 2. The van der Waals surface area contributed by atoms with Crippen LogP contribution in [0.2, 0.25) is 0 Å². The van der Waals surface area contributed by atoms with Crippen LogP contribution in [0.3, 0.4) is 0 Å². The van der Waals surface area contributed by atoms with Crippen molar-refractivity contribution in [1.29, 1.82) is 0 Å². The number of pyridine rings is 1. The lowest BCUT2D eigenvalue weighted by atomic mass is 9.99. The number of rotatable bonds is 6. The predicted octanol–water partition coefficient (Wildman–Crippen LogP) is 3.48. The van der Waals surface area contributed by atoms with Gasteiger partial charge in [0.15, 0.2) is 0 Å². The third-order valence-electron chi connectivity index (χ3n) is 6.46. The number of carbonyl (C=O) groups excluding carboxylic acids is 1. The minimum absolute atomic E-state index is 0.362. The Morgan fingerprint density at radius 2 is 1.85 bits per heavy atom. The first kappa shape index (κ1) is 21.9. The molecule has 3 heterocycles. The van der Waals surface area contributed by atoms with Crippen molar-refractivity contribution in [3.8, 4) is 5.75 Å². The first-order chi connectivity index (χ1) is 16.5. The van der Waals surface area contributed by atoms with Gasteiger partial charge in [0.2, 0.25) is 0 Å². The quantitative estimate of drug-likeness (QED) is 0.430. The van der Waals surface area contributed by atoms with E-state index in [1.807, 2.05) is 12.1 Å². The average molecular weight is 459 g/mol. The lowest BCUT2D eigenvalue weighted by Gasteiger charge is -2.21. The Balaban J connectivity index is 1.64. The van der Waals surface area contributed by atoms with Gasteiger partial charge < -0.3 is 9.67 Å². The summed E-state index contributed by atoms with van der Waals surface area (Å²) in [7, 11) is 0. The van der Waals surface area contributed by atoms with Crippen LogP contribution < -0.4 is 16.5 Å². The van der Waals surface area contributed by atoms with E-state index in [2.05, 4.69) is 17.3 Å². The van der Waals surface area contributed by atoms with Crippen LogP contribution in [0.25, 0.3) is 21.8 Å². The molecule has 8 nitrogen and oxygen atoms in total. The Kier molecular flexibility index (Phi) is 5.65. The van der Waals surface area contributed by atoms with E-state index in [1.54, 1.807) is 34.9 Å². The second kappa shape index (κ2) is 8.78. The summed E-state index contributed by atoms with van der Waals surface area (Å²) in [4.78, 5) is 44.5. The monoisotopic (exact) mass is 458 g/mol. The minimum atomic E-state index is -0.833. The fourth-order valence-electron chi connectivity index (χ4n) is 4.77. The van der Waals surface area contributed by atoms with Gasteiger partial charge in [0, 0.05) is 18.4 Å². The van der Waals surface area contributed by atoms with Crippen molar-refractivity contribution in [3.05, 3.63) is 80.1 Å². The van der Waals surface area contributed by atoms with Gasteiger partial charge >= 0.3 is 0 Å². The molecule has 8 heteroatoms. The van der Waals surface area contributed by atoms with E-state index in [4.69, 9.17) is 0 Å². The number of benzene rings is 2. The number of carbonyl (C=O) groups is 1. The highest BCUT2D eigenvalue weighted by atomic mass is 16.3. The molecule has 5 rings (SSSR count). The summed E-state index contributed by atoms with van der Waals surface area (Å²) < 4.78 is 2.67. The third kappa shape index (κ3) is 3.55. The van der Waals surface area contributed by atoms with Gasteiger partial charge in [0.25, 0.3) is 17.0 Å². The van der Waals surface area contributed by atoms with Crippen molar-refractivity contribution in [3.63, 3.8) is 0 Å². The van der Waals surface area contributed by atoms with Gasteiger partial charge in [-0.25, -0.2) is 9.66 Å². The second-order valence-corrected chi connectivity index (χ2v) is 8.68. The van der Waals surface area contributed by atoms with E-state index in [0.29, 0.717) is 40.6 Å². The Labute approximate surface area is 195 Å². The van der Waals surface area contributed by atoms with Crippen LogP contribution in [-0.4, -0.2) is 25.2 Å². The second-order valence-electron chi connectivity index (χ2n) is 8.68. The van der Waals surface area contributed by atoms with Gasteiger partial charge in [-0.15, -0.1) is 0 Å². The summed E-state index contributed by atoms with van der Waals surface area (Å²) in [6.45, 7) is 2.54. The molecule has 1 aliphatic rings. The molecule has 1 aliphatic heterocycles. The Morgan fingerprint density at radius 1 is 1.06 bits per heavy atom. The third-order valence-corrected chi connectivity index (χ3v) is 6.46. The van der Waals surface area contributed by atoms with Crippen molar-refractivity contribution >= 4 is 27.7 Å². The molecule has 0 saturated heterocycles. The zero-order valence-electron chi connectivity index (χ0n) is 19.0. The lowest BCUT2D eigenvalue weighted by molar-refractivity contribution is 0.100. The van der Waals surface area contributed by atoms with E-state index in [0.717, 1.165) is 42.3 Å². The highest BCUT2D eigenvalue weighted by molar-refractivity contribution is 6.06. The molecule has 0 spiro atoms. The molecule has 0 saturated carbocycles. The normalized spacial score (nSPS) is 12.9. The number of hydrogen-bond donors (Lipinski definition) is 2. The molecule has 2 aromatic heterocycles. The van der Waals surface area contributed by atoms with Gasteiger partial charge in [-0.1, -0.05) is 44.0 Å². The number of aromatic nitrogens is 3. The molecule has 2 N–H and O–H groups in total. The van der Waals surface area contributed by atoms with Gasteiger partial charge in [0.05, 0.1) is 16.4 Å². The number of nitrogens with one attached hydrogen (secondary N) is 1. The van der Waals surface area contributed by atoms with Crippen LogP contribution in [0.5, 0.6) is 5.75 Å². The molecule has 34 heavy (non-hydrogen) atoms. The molecule has 0 unspecified atom stereocenters. The van der Waals surface area contributed by atoms with Crippen LogP contribution >= 0.6 is 0 Å². The zero-order valence-corrected chi connectivity index (χ0v) is 19.0. The van der Waals surface area contributed by atoms with E-state index in [-0.39, 0.29) is 11.3 Å². The molecular weight excluding hydrogens is 432 g/mol. The number of aromatic hydroxyl groups is 1. The molecule has 0 atom stereocenters. The van der Waals surface area contributed by atoms with E-state index in [9.17, 15) is 19.5 Å². The van der Waals surface area contributed by atoms with Crippen LogP contribution in [0.1, 0.15) is 54.4 Å². The number of fused-ring (bicyclic) bond motifs is 1. The van der Waals surface area contributed by atoms with Gasteiger partial charge in [-0.05, 0) is 43.0 Å². The molecule has 0 aliphatic carbocycles. The molecule has 0 fully saturated rings. The number of amides is 1. The van der Waals surface area contributed by atoms with Crippen molar-refractivity contribution in [2.24, 2.45) is 0 Å². The standard InChI is InChI=1S/C26H26N4O4/c1-2-3-4-14-20-27-19-13-6-5-11-17(19)25(33)30(20)28-24(32)21-23(31)18-12-7-9-16-10-8-15-29(22(16)18)26(21)34/h5-7,9,11-13,31H,2-4,8,10,14-15H2,1H3,(H,28,32). The maximum Gasteiger partial charge on any atom is 0.280 e. The van der Waals surface area contributed by atoms with Crippen molar-refractivity contribution in [1.82, 2.24) is 14.2 Å². The zero-order chi connectivity index (χ0) is 23.8. The van der Waals surface area contributed by atoms with Crippen LogP contribution in [0, 0.1) is 0 Å². The van der Waals surface area contributed by atoms with Gasteiger partial charge in [0.1, 0.15) is 17.1 Å². The number of nitrogens with zero attached hydrogens (tertiary/aromatic N) is 3. The van der Waals surface area contributed by atoms with Crippen molar-refractivity contribution in [2.75, 3.05) is 5.43 Å². The first-order valence-corrected chi connectivity index (χ1v) is 11.7. The highest BCUT2D eigenvalue weighted by Crippen LogP contribution is 2.31. The Hall–Kier alpha value is -3.94. The molecule has 174 valence electrons. The maximum atomic E-state index is 13.4.